The molecule has 0 radical (unpaired) electrons. The molecule has 1 heterocycles. The first-order chi connectivity index (χ1) is 10.5. The normalized spacial score (nSPS) is 16.5. The summed E-state index contributed by atoms with van der Waals surface area (Å²) in [5, 5.41) is 11.1. The minimum atomic E-state index is -0.664. The van der Waals surface area contributed by atoms with Gasteiger partial charge in [0.05, 0.1) is 11.5 Å². The topological polar surface area (TPSA) is 102 Å². The number of hydrogen-bond donors (Lipinski definition) is 1. The molecule has 120 valence electrons. The Hall–Kier alpha value is -2.19. The Morgan fingerprint density at radius 2 is 2.00 bits per heavy atom. The van der Waals surface area contributed by atoms with Gasteiger partial charge in [0.25, 0.3) is 5.69 Å². The maximum atomic E-state index is 12.1. The lowest BCUT2D eigenvalue weighted by molar-refractivity contribution is -0.384. The predicted molar refractivity (Wildman–Crippen MR) is 81.7 cm³/mol. The van der Waals surface area contributed by atoms with Gasteiger partial charge in [-0.3, -0.25) is 14.9 Å². The van der Waals surface area contributed by atoms with Crippen LogP contribution in [0.15, 0.2) is 24.3 Å². The zero-order chi connectivity index (χ0) is 16.1. The fourth-order valence-electron chi connectivity index (χ4n) is 2.54. The number of carbonyl (C=O) groups excluding carboxylic acids is 1. The van der Waals surface area contributed by atoms with Crippen molar-refractivity contribution >= 4 is 17.3 Å². The van der Waals surface area contributed by atoms with E-state index in [4.69, 9.17) is 10.5 Å². The molecule has 0 saturated carbocycles. The van der Waals surface area contributed by atoms with E-state index in [2.05, 4.69) is 0 Å². The van der Waals surface area contributed by atoms with Crippen molar-refractivity contribution in [1.82, 2.24) is 4.90 Å². The van der Waals surface area contributed by atoms with Crippen molar-refractivity contribution in [3.05, 3.63) is 34.4 Å². The van der Waals surface area contributed by atoms with Gasteiger partial charge >= 0.3 is 0 Å². The fourth-order valence-corrected chi connectivity index (χ4v) is 2.54. The van der Waals surface area contributed by atoms with Crippen LogP contribution in [0.5, 0.6) is 0 Å². The number of hydrogen-bond acceptors (Lipinski definition) is 6. The summed E-state index contributed by atoms with van der Waals surface area (Å²) < 4.78 is 4.89. The van der Waals surface area contributed by atoms with E-state index < -0.39 is 6.04 Å². The lowest BCUT2D eigenvalue weighted by Gasteiger charge is -2.36. The van der Waals surface area contributed by atoms with E-state index in [1.807, 2.05) is 4.90 Å². The van der Waals surface area contributed by atoms with Crippen molar-refractivity contribution in [2.24, 2.45) is 5.73 Å². The number of ether oxygens (including phenoxy) is 1. The molecule has 1 aliphatic heterocycles. The van der Waals surface area contributed by atoms with Crippen molar-refractivity contribution in [3.8, 4) is 0 Å². The van der Waals surface area contributed by atoms with E-state index in [-0.39, 0.29) is 23.1 Å². The summed E-state index contributed by atoms with van der Waals surface area (Å²) in [6.07, 6.45) is 0. The average Bonchev–Trinajstić information content (AvgIpc) is 2.54. The lowest BCUT2D eigenvalue weighted by atomic mass is 10.2. The van der Waals surface area contributed by atoms with E-state index in [1.165, 1.54) is 13.2 Å². The van der Waals surface area contributed by atoms with Crippen LogP contribution in [0.2, 0.25) is 0 Å². The third-order valence-corrected chi connectivity index (χ3v) is 3.67. The number of carbonyl (C=O) groups is 1. The molecule has 8 heteroatoms. The van der Waals surface area contributed by atoms with E-state index in [9.17, 15) is 14.9 Å². The van der Waals surface area contributed by atoms with Crippen molar-refractivity contribution in [2.45, 2.75) is 6.04 Å². The molecule has 2 N–H and O–H groups in total. The molecule has 1 saturated heterocycles. The Morgan fingerprint density at radius 1 is 1.36 bits per heavy atom. The maximum absolute atomic E-state index is 12.1. The van der Waals surface area contributed by atoms with Gasteiger partial charge in [-0.15, -0.1) is 0 Å². The van der Waals surface area contributed by atoms with Gasteiger partial charge in [0.15, 0.2) is 0 Å². The number of amides is 1. The molecule has 8 nitrogen and oxygen atoms in total. The molecule has 0 spiro atoms. The lowest BCUT2D eigenvalue weighted by Crippen LogP contribution is -2.54. The molecule has 22 heavy (non-hydrogen) atoms. The molecule has 1 atom stereocenters. The molecule has 1 fully saturated rings. The number of nitrogens with two attached hydrogens (primary N) is 1. The number of nitro groups is 1. The molecule has 2 rings (SSSR count). The number of methoxy groups -OCH3 is 1. The molecule has 0 aliphatic carbocycles. The largest absolute Gasteiger partial charge is 0.383 e. The Balaban J connectivity index is 2.01. The molecule has 0 aromatic heterocycles. The van der Waals surface area contributed by atoms with Crippen LogP contribution in [0.4, 0.5) is 11.4 Å². The molecule has 0 bridgehead atoms. The van der Waals surface area contributed by atoms with Crippen LogP contribution in [0.3, 0.4) is 0 Å². The second-order valence-corrected chi connectivity index (χ2v) is 5.12. The summed E-state index contributed by atoms with van der Waals surface area (Å²) in [4.78, 5) is 26.4. The Labute approximate surface area is 128 Å². The number of nitrogens with zero attached hydrogens (tertiary/aromatic N) is 3. The van der Waals surface area contributed by atoms with E-state index in [0.29, 0.717) is 31.9 Å². The maximum Gasteiger partial charge on any atom is 0.292 e. The second kappa shape index (κ2) is 7.19. The van der Waals surface area contributed by atoms with Gasteiger partial charge in [-0.05, 0) is 6.07 Å². The number of anilines is 1. The summed E-state index contributed by atoms with van der Waals surface area (Å²) in [5.74, 6) is -0.149. The van der Waals surface area contributed by atoms with Gasteiger partial charge in [-0.2, -0.15) is 0 Å². The molecule has 1 amide bonds. The first-order valence-electron chi connectivity index (χ1n) is 7.06. The van der Waals surface area contributed by atoms with Crippen LogP contribution in [0.25, 0.3) is 0 Å². The molecule has 1 aromatic rings. The SMILES string of the molecule is COCC(N)C(=O)N1CCN(c2ccccc2[N+](=O)[O-])CC1. The minimum Gasteiger partial charge on any atom is -0.383 e. The number of para-hydroxylation sites is 2. The Kier molecular flexibility index (Phi) is 5.29. The van der Waals surface area contributed by atoms with Crippen LogP contribution in [-0.4, -0.2) is 61.7 Å². The third kappa shape index (κ3) is 3.52. The van der Waals surface area contributed by atoms with Gasteiger partial charge in [-0.1, -0.05) is 12.1 Å². The van der Waals surface area contributed by atoms with Gasteiger partial charge in [0.2, 0.25) is 5.91 Å². The van der Waals surface area contributed by atoms with Crippen LogP contribution >= 0.6 is 0 Å². The highest BCUT2D eigenvalue weighted by molar-refractivity contribution is 5.82. The number of rotatable bonds is 5. The van der Waals surface area contributed by atoms with Gasteiger partial charge in [0, 0.05) is 39.4 Å². The molecular weight excluding hydrogens is 288 g/mol. The van der Waals surface area contributed by atoms with E-state index in [1.54, 1.807) is 23.1 Å². The second-order valence-electron chi connectivity index (χ2n) is 5.12. The highest BCUT2D eigenvalue weighted by atomic mass is 16.6. The number of benzene rings is 1. The first kappa shape index (κ1) is 16.2. The third-order valence-electron chi connectivity index (χ3n) is 3.67. The monoisotopic (exact) mass is 308 g/mol. The van der Waals surface area contributed by atoms with Crippen molar-refractivity contribution in [2.75, 3.05) is 44.8 Å². The molecule has 1 unspecified atom stereocenters. The summed E-state index contributed by atoms with van der Waals surface area (Å²) in [7, 11) is 1.50. The summed E-state index contributed by atoms with van der Waals surface area (Å²) >= 11 is 0. The Bertz CT molecular complexity index is 543. The first-order valence-corrected chi connectivity index (χ1v) is 7.06. The van der Waals surface area contributed by atoms with Crippen LogP contribution in [0, 0.1) is 10.1 Å². The highest BCUT2D eigenvalue weighted by Gasteiger charge is 2.27. The highest BCUT2D eigenvalue weighted by Crippen LogP contribution is 2.28. The quantitative estimate of drug-likeness (QED) is 0.616. The number of nitro benzene ring substituents is 1. The van der Waals surface area contributed by atoms with Crippen molar-refractivity contribution in [3.63, 3.8) is 0 Å². The summed E-state index contributed by atoms with van der Waals surface area (Å²) in [6, 6.07) is 5.97. The zero-order valence-electron chi connectivity index (χ0n) is 12.5. The van der Waals surface area contributed by atoms with Gasteiger partial charge in [0.1, 0.15) is 11.7 Å². The predicted octanol–water partition coefficient (Wildman–Crippen LogP) is 0.217. The fraction of sp³-hybridized carbons (Fsp3) is 0.500. The minimum absolute atomic E-state index is 0.0818. The van der Waals surface area contributed by atoms with Crippen molar-refractivity contribution < 1.29 is 14.5 Å². The van der Waals surface area contributed by atoms with Crippen LogP contribution in [-0.2, 0) is 9.53 Å². The van der Waals surface area contributed by atoms with Crippen LogP contribution in [0.1, 0.15) is 0 Å². The van der Waals surface area contributed by atoms with E-state index in [0.717, 1.165) is 0 Å². The Morgan fingerprint density at radius 3 is 2.59 bits per heavy atom. The summed E-state index contributed by atoms with van der Waals surface area (Å²) in [5.41, 5.74) is 6.41. The number of piperazine rings is 1. The van der Waals surface area contributed by atoms with E-state index >= 15 is 0 Å². The van der Waals surface area contributed by atoms with Gasteiger partial charge < -0.3 is 20.3 Å². The molecule has 1 aromatic carbocycles. The molecular formula is C14H20N4O4. The van der Waals surface area contributed by atoms with Gasteiger partial charge in [-0.25, -0.2) is 0 Å². The van der Waals surface area contributed by atoms with Crippen molar-refractivity contribution in [1.29, 1.82) is 0 Å². The molecule has 1 aliphatic rings. The zero-order valence-corrected chi connectivity index (χ0v) is 12.5. The summed E-state index contributed by atoms with van der Waals surface area (Å²) in [6.45, 7) is 2.24. The smallest absolute Gasteiger partial charge is 0.292 e. The van der Waals surface area contributed by atoms with Crippen LogP contribution < -0.4 is 10.6 Å². The average molecular weight is 308 g/mol. The standard InChI is InChI=1S/C14H20N4O4/c1-22-10-11(15)14(19)17-8-6-16(7-9-17)12-4-2-3-5-13(12)18(20)21/h2-5,11H,6-10,15H2,1H3.